The largest absolute Gasteiger partial charge is 0.392 e. The molecular weight excluding hydrogens is 294 g/mol. The molecule has 0 saturated carbocycles. The monoisotopic (exact) mass is 307 g/mol. The highest BCUT2D eigenvalue weighted by Crippen LogP contribution is 2.24. The summed E-state index contributed by atoms with van der Waals surface area (Å²) in [5.41, 5.74) is 7.56. The fourth-order valence-electron chi connectivity index (χ4n) is 2.47. The first-order valence-corrected chi connectivity index (χ1v) is 7.85. The molecule has 108 valence electrons. The second kappa shape index (κ2) is 5.36. The highest BCUT2D eigenvalue weighted by atomic mass is 32.1. The van der Waals surface area contributed by atoms with E-state index < -0.39 is 0 Å². The predicted molar refractivity (Wildman–Crippen MR) is 87.7 cm³/mol. The lowest BCUT2D eigenvalue weighted by Crippen LogP contribution is -1.87. The smallest absolute Gasteiger partial charge is 0.137 e. The van der Waals surface area contributed by atoms with Crippen molar-refractivity contribution in [3.8, 4) is 22.5 Å². The Morgan fingerprint density at radius 3 is 2.82 bits per heavy atom. The van der Waals surface area contributed by atoms with Crippen molar-refractivity contribution in [2.24, 2.45) is 0 Å². The maximum atomic E-state index is 9.27. The number of aromatic nitrogens is 3. The van der Waals surface area contributed by atoms with Crippen LogP contribution in [0.15, 0.2) is 59.7 Å². The van der Waals surface area contributed by atoms with Crippen molar-refractivity contribution in [1.29, 1.82) is 0 Å². The van der Waals surface area contributed by atoms with Crippen LogP contribution >= 0.6 is 11.3 Å². The summed E-state index contributed by atoms with van der Waals surface area (Å²) in [5.74, 6) is 0. The molecule has 0 unspecified atom stereocenters. The van der Waals surface area contributed by atoms with Gasteiger partial charge < -0.3 is 9.51 Å². The van der Waals surface area contributed by atoms with Gasteiger partial charge in [-0.15, -0.1) is 11.3 Å². The first-order chi connectivity index (χ1) is 10.8. The van der Waals surface area contributed by atoms with Gasteiger partial charge in [0.1, 0.15) is 17.0 Å². The Labute approximate surface area is 131 Å². The Morgan fingerprint density at radius 2 is 2.00 bits per heavy atom. The Hall–Kier alpha value is -2.50. The fraction of sp³-hybridized carbons (Fsp3) is 0.0588. The summed E-state index contributed by atoms with van der Waals surface area (Å²) < 4.78 is 2.01. The molecule has 1 N–H and O–H groups in total. The van der Waals surface area contributed by atoms with Crippen molar-refractivity contribution in [1.82, 2.24) is 14.4 Å². The summed E-state index contributed by atoms with van der Waals surface area (Å²) in [6, 6.07) is 12.0. The third-order valence-electron chi connectivity index (χ3n) is 3.59. The first-order valence-electron chi connectivity index (χ1n) is 6.91. The topological polar surface area (TPSA) is 50.4 Å². The SMILES string of the molecule is OCc1cccc(-c2ccc3nc(-c4cscn4)cn3c2)c1. The molecular formula is C17H13N3OS. The molecule has 3 aromatic heterocycles. The van der Waals surface area contributed by atoms with Crippen LogP contribution in [0.25, 0.3) is 28.2 Å². The molecule has 4 nitrogen and oxygen atoms in total. The maximum Gasteiger partial charge on any atom is 0.137 e. The van der Waals surface area contributed by atoms with Crippen LogP contribution in [-0.4, -0.2) is 19.5 Å². The van der Waals surface area contributed by atoms with Gasteiger partial charge in [-0.1, -0.05) is 18.2 Å². The standard InChI is InChI=1S/C17H13N3OS/c21-9-12-2-1-3-13(6-12)14-4-5-17-19-15(8-20(17)7-14)16-10-22-11-18-16/h1-8,10-11,21H,9H2. The molecule has 3 heterocycles. The highest BCUT2D eigenvalue weighted by Gasteiger charge is 2.07. The number of fused-ring (bicyclic) bond motifs is 1. The lowest BCUT2D eigenvalue weighted by molar-refractivity contribution is 0.282. The molecule has 1 aromatic carbocycles. The first kappa shape index (κ1) is 13.2. The van der Waals surface area contributed by atoms with Crippen molar-refractivity contribution in [3.63, 3.8) is 0 Å². The van der Waals surface area contributed by atoms with E-state index in [-0.39, 0.29) is 6.61 Å². The quantitative estimate of drug-likeness (QED) is 0.629. The minimum atomic E-state index is 0.0507. The number of pyridine rings is 1. The summed E-state index contributed by atoms with van der Waals surface area (Å²) >= 11 is 1.56. The molecule has 0 saturated heterocycles. The molecule has 4 aromatic rings. The molecule has 0 aliphatic carbocycles. The maximum absolute atomic E-state index is 9.27. The Kier molecular flexibility index (Phi) is 3.21. The minimum absolute atomic E-state index is 0.0507. The van der Waals surface area contributed by atoms with Crippen LogP contribution in [0.5, 0.6) is 0 Å². The van der Waals surface area contributed by atoms with Crippen molar-refractivity contribution in [2.75, 3.05) is 0 Å². The number of thiazole rings is 1. The third kappa shape index (κ3) is 2.30. The molecule has 4 rings (SSSR count). The number of hydrogen-bond donors (Lipinski definition) is 1. The summed E-state index contributed by atoms with van der Waals surface area (Å²) in [6.07, 6.45) is 4.04. The zero-order valence-electron chi connectivity index (χ0n) is 11.7. The van der Waals surface area contributed by atoms with Crippen molar-refractivity contribution < 1.29 is 5.11 Å². The van der Waals surface area contributed by atoms with Crippen LogP contribution in [0.2, 0.25) is 0 Å². The van der Waals surface area contributed by atoms with E-state index in [0.29, 0.717) is 0 Å². The van der Waals surface area contributed by atoms with Crippen LogP contribution in [0.3, 0.4) is 0 Å². The van der Waals surface area contributed by atoms with Gasteiger partial charge >= 0.3 is 0 Å². The number of hydrogen-bond acceptors (Lipinski definition) is 4. The number of aliphatic hydroxyl groups excluding tert-OH is 1. The number of aliphatic hydroxyl groups is 1. The van der Waals surface area contributed by atoms with E-state index in [4.69, 9.17) is 0 Å². The number of imidazole rings is 1. The fourth-order valence-corrected chi connectivity index (χ4v) is 3.02. The van der Waals surface area contributed by atoms with Crippen LogP contribution in [0.4, 0.5) is 0 Å². The normalized spacial score (nSPS) is 11.1. The van der Waals surface area contributed by atoms with E-state index in [1.165, 1.54) is 0 Å². The zero-order chi connectivity index (χ0) is 14.9. The van der Waals surface area contributed by atoms with E-state index in [9.17, 15) is 5.11 Å². The van der Waals surface area contributed by atoms with Gasteiger partial charge in [0.15, 0.2) is 0 Å². The zero-order valence-corrected chi connectivity index (χ0v) is 12.5. The molecule has 0 aliphatic rings. The molecule has 0 fully saturated rings. The number of benzene rings is 1. The van der Waals surface area contributed by atoms with E-state index in [2.05, 4.69) is 16.2 Å². The van der Waals surface area contributed by atoms with Crippen LogP contribution in [-0.2, 0) is 6.61 Å². The average molecular weight is 307 g/mol. The van der Waals surface area contributed by atoms with Crippen LogP contribution in [0, 0.1) is 0 Å². The van der Waals surface area contributed by atoms with Crippen molar-refractivity contribution in [3.05, 3.63) is 65.2 Å². The molecule has 0 bridgehead atoms. The molecule has 0 spiro atoms. The van der Waals surface area contributed by atoms with Crippen molar-refractivity contribution in [2.45, 2.75) is 6.61 Å². The third-order valence-corrected chi connectivity index (χ3v) is 4.18. The minimum Gasteiger partial charge on any atom is -0.392 e. The van der Waals surface area contributed by atoms with Gasteiger partial charge in [-0.25, -0.2) is 9.97 Å². The van der Waals surface area contributed by atoms with Gasteiger partial charge in [0.2, 0.25) is 0 Å². The second-order valence-electron chi connectivity index (χ2n) is 5.04. The Balaban J connectivity index is 1.80. The van der Waals surface area contributed by atoms with E-state index >= 15 is 0 Å². The number of nitrogens with zero attached hydrogens (tertiary/aromatic N) is 3. The lowest BCUT2D eigenvalue weighted by Gasteiger charge is -2.04. The number of rotatable bonds is 3. The highest BCUT2D eigenvalue weighted by molar-refractivity contribution is 7.07. The van der Waals surface area contributed by atoms with Gasteiger partial charge in [-0.3, -0.25) is 0 Å². The van der Waals surface area contributed by atoms with E-state index in [0.717, 1.165) is 33.7 Å². The molecule has 0 aliphatic heterocycles. The predicted octanol–water partition coefficient (Wildman–Crippen LogP) is 3.62. The summed E-state index contributed by atoms with van der Waals surface area (Å²) in [4.78, 5) is 8.89. The van der Waals surface area contributed by atoms with E-state index in [1.807, 2.05) is 57.9 Å². The van der Waals surface area contributed by atoms with Gasteiger partial charge in [0.25, 0.3) is 0 Å². The summed E-state index contributed by atoms with van der Waals surface area (Å²) in [5, 5.41) is 11.3. The Bertz CT molecular complexity index is 928. The van der Waals surface area contributed by atoms with Crippen LogP contribution < -0.4 is 0 Å². The van der Waals surface area contributed by atoms with Gasteiger partial charge in [0.05, 0.1) is 12.1 Å². The van der Waals surface area contributed by atoms with Gasteiger partial charge in [0, 0.05) is 17.8 Å². The van der Waals surface area contributed by atoms with Crippen LogP contribution in [0.1, 0.15) is 5.56 Å². The molecule has 0 atom stereocenters. The lowest BCUT2D eigenvalue weighted by atomic mass is 10.1. The van der Waals surface area contributed by atoms with Crippen molar-refractivity contribution >= 4 is 17.0 Å². The van der Waals surface area contributed by atoms with E-state index in [1.54, 1.807) is 11.3 Å². The van der Waals surface area contributed by atoms with Gasteiger partial charge in [-0.2, -0.15) is 0 Å². The molecule has 0 radical (unpaired) electrons. The molecule has 0 amide bonds. The molecule has 22 heavy (non-hydrogen) atoms. The Morgan fingerprint density at radius 1 is 1.05 bits per heavy atom. The second-order valence-corrected chi connectivity index (χ2v) is 5.76. The molecule has 5 heteroatoms. The summed E-state index contributed by atoms with van der Waals surface area (Å²) in [6.45, 7) is 0.0507. The average Bonchev–Trinajstić information content (AvgIpc) is 3.23. The van der Waals surface area contributed by atoms with Gasteiger partial charge in [-0.05, 0) is 34.9 Å². The summed E-state index contributed by atoms with van der Waals surface area (Å²) in [7, 11) is 0.